The highest BCUT2D eigenvalue weighted by atomic mass is 19.1. The fourth-order valence-electron chi connectivity index (χ4n) is 4.40. The number of hydrogen-bond acceptors (Lipinski definition) is 3. The van der Waals surface area contributed by atoms with Crippen LogP contribution in [0.2, 0.25) is 0 Å². The number of carbonyl (C=O) groups excluding carboxylic acids is 2. The van der Waals surface area contributed by atoms with Crippen LogP contribution >= 0.6 is 0 Å². The molecule has 3 aromatic rings. The van der Waals surface area contributed by atoms with E-state index in [1.54, 1.807) is 29.2 Å². The maximum absolute atomic E-state index is 13.8. The molecule has 1 aliphatic rings. The predicted octanol–water partition coefficient (Wildman–Crippen LogP) is 5.27. The number of nitrogens with one attached hydrogen (secondary N) is 1. The summed E-state index contributed by atoms with van der Waals surface area (Å²) in [6.45, 7) is 0.181. The van der Waals surface area contributed by atoms with Crippen molar-refractivity contribution in [3.05, 3.63) is 101 Å². The Bertz CT molecular complexity index is 1210. The summed E-state index contributed by atoms with van der Waals surface area (Å²) in [6.07, 6.45) is 2.85. The van der Waals surface area contributed by atoms with Crippen LogP contribution in [0.4, 0.5) is 18.9 Å². The molecule has 4 rings (SSSR count). The van der Waals surface area contributed by atoms with Crippen LogP contribution in [0, 0.1) is 17.5 Å². The molecule has 35 heavy (non-hydrogen) atoms. The molecule has 0 aliphatic heterocycles. The van der Waals surface area contributed by atoms with Gasteiger partial charge in [-0.05, 0) is 73.7 Å². The average Bonchev–Trinajstić information content (AvgIpc) is 2.82. The van der Waals surface area contributed by atoms with Gasteiger partial charge in [-0.25, -0.2) is 13.2 Å². The summed E-state index contributed by atoms with van der Waals surface area (Å²) in [7, 11) is 0. The molecule has 3 aromatic carbocycles. The fourth-order valence-corrected chi connectivity index (χ4v) is 4.40. The lowest BCUT2D eigenvalue weighted by Gasteiger charge is -2.36. The molecular weight excluding hydrogens is 455 g/mol. The molecular formula is C27H26F3N3O2. The summed E-state index contributed by atoms with van der Waals surface area (Å²) < 4.78 is 41.1. The molecule has 1 fully saturated rings. The van der Waals surface area contributed by atoms with Gasteiger partial charge in [0.2, 0.25) is 0 Å². The molecule has 5 nitrogen and oxygen atoms in total. The predicted molar refractivity (Wildman–Crippen MR) is 127 cm³/mol. The molecule has 8 heteroatoms. The lowest BCUT2D eigenvalue weighted by atomic mass is 9.90. The van der Waals surface area contributed by atoms with Gasteiger partial charge in [-0.2, -0.15) is 0 Å². The second kappa shape index (κ2) is 10.7. The SMILES string of the molecule is NC1CCC(N(Cc2cccc(NC(=O)c3cccc(F)c3)c2)C(=O)c2cc(F)cc(F)c2)CC1. The molecule has 0 radical (unpaired) electrons. The molecule has 1 saturated carbocycles. The van der Waals surface area contributed by atoms with Crippen LogP contribution < -0.4 is 11.1 Å². The normalized spacial score (nSPS) is 17.6. The van der Waals surface area contributed by atoms with Crippen LogP contribution in [0.25, 0.3) is 0 Å². The molecule has 2 amide bonds. The maximum Gasteiger partial charge on any atom is 0.255 e. The molecule has 0 bridgehead atoms. The van der Waals surface area contributed by atoms with Crippen molar-refractivity contribution in [2.75, 3.05) is 5.32 Å². The highest BCUT2D eigenvalue weighted by Gasteiger charge is 2.29. The Morgan fingerprint density at radius 1 is 0.829 bits per heavy atom. The first-order chi connectivity index (χ1) is 16.8. The standard InChI is InChI=1S/C27H26F3N3O2/c28-20-5-2-4-18(12-20)26(34)32-24-6-1-3-17(11-24)16-33(25-9-7-23(31)8-10-25)27(35)19-13-21(29)15-22(30)14-19/h1-6,11-15,23,25H,7-10,16,31H2,(H,32,34). The van der Waals surface area contributed by atoms with Crippen molar-refractivity contribution in [2.45, 2.75) is 44.3 Å². The topological polar surface area (TPSA) is 75.4 Å². The molecule has 0 atom stereocenters. The number of hydrogen-bond donors (Lipinski definition) is 2. The van der Waals surface area contributed by atoms with E-state index in [-0.39, 0.29) is 29.8 Å². The molecule has 0 heterocycles. The zero-order chi connectivity index (χ0) is 24.9. The minimum absolute atomic E-state index is 0.0621. The zero-order valence-corrected chi connectivity index (χ0v) is 19.0. The van der Waals surface area contributed by atoms with Gasteiger partial charge in [0.1, 0.15) is 17.5 Å². The summed E-state index contributed by atoms with van der Waals surface area (Å²) in [4.78, 5) is 27.5. The first-order valence-corrected chi connectivity index (χ1v) is 11.5. The molecule has 1 aliphatic carbocycles. The third kappa shape index (κ3) is 6.27. The van der Waals surface area contributed by atoms with Gasteiger partial charge < -0.3 is 16.0 Å². The lowest BCUT2D eigenvalue weighted by Crippen LogP contribution is -2.44. The van der Waals surface area contributed by atoms with Crippen LogP contribution in [0.1, 0.15) is 52.0 Å². The maximum atomic E-state index is 13.8. The summed E-state index contributed by atoms with van der Waals surface area (Å²) in [6, 6.07) is 15.0. The Kier molecular flexibility index (Phi) is 7.51. The third-order valence-corrected chi connectivity index (χ3v) is 6.18. The number of anilines is 1. The van der Waals surface area contributed by atoms with Gasteiger partial charge >= 0.3 is 0 Å². The van der Waals surface area contributed by atoms with Crippen LogP contribution in [-0.2, 0) is 6.54 Å². The fraction of sp³-hybridized carbons (Fsp3) is 0.259. The molecule has 3 N–H and O–H groups in total. The van der Waals surface area contributed by atoms with Crippen molar-refractivity contribution in [1.29, 1.82) is 0 Å². The summed E-state index contributed by atoms with van der Waals surface area (Å²) in [5, 5.41) is 2.74. The Morgan fingerprint density at radius 3 is 2.17 bits per heavy atom. The second-order valence-corrected chi connectivity index (χ2v) is 8.82. The van der Waals surface area contributed by atoms with E-state index in [1.807, 2.05) is 0 Å². The largest absolute Gasteiger partial charge is 0.331 e. The van der Waals surface area contributed by atoms with E-state index < -0.39 is 29.3 Å². The van der Waals surface area contributed by atoms with Crippen molar-refractivity contribution in [1.82, 2.24) is 4.90 Å². The van der Waals surface area contributed by atoms with Gasteiger partial charge in [0.05, 0.1) is 0 Å². The smallest absolute Gasteiger partial charge is 0.255 e. The van der Waals surface area contributed by atoms with Gasteiger partial charge in [-0.1, -0.05) is 18.2 Å². The van der Waals surface area contributed by atoms with E-state index >= 15 is 0 Å². The van der Waals surface area contributed by atoms with E-state index in [4.69, 9.17) is 5.73 Å². The molecule has 0 spiro atoms. The van der Waals surface area contributed by atoms with Crippen LogP contribution in [-0.4, -0.2) is 28.8 Å². The Hall–Kier alpha value is -3.65. The number of rotatable bonds is 6. The molecule has 0 aromatic heterocycles. The van der Waals surface area contributed by atoms with Crippen LogP contribution in [0.3, 0.4) is 0 Å². The Balaban J connectivity index is 1.57. The summed E-state index contributed by atoms with van der Waals surface area (Å²) >= 11 is 0. The monoisotopic (exact) mass is 481 g/mol. The number of nitrogens with zero attached hydrogens (tertiary/aromatic N) is 1. The number of carbonyl (C=O) groups is 2. The van der Waals surface area contributed by atoms with Crippen molar-refractivity contribution in [2.24, 2.45) is 5.73 Å². The van der Waals surface area contributed by atoms with Gasteiger partial charge in [0, 0.05) is 41.5 Å². The van der Waals surface area contributed by atoms with Gasteiger partial charge in [-0.3, -0.25) is 9.59 Å². The van der Waals surface area contributed by atoms with Crippen molar-refractivity contribution in [3.8, 4) is 0 Å². The Labute approximate surface area is 201 Å². The van der Waals surface area contributed by atoms with Crippen molar-refractivity contribution >= 4 is 17.5 Å². The van der Waals surface area contributed by atoms with Crippen molar-refractivity contribution < 1.29 is 22.8 Å². The van der Waals surface area contributed by atoms with Crippen LogP contribution in [0.5, 0.6) is 0 Å². The summed E-state index contributed by atoms with van der Waals surface area (Å²) in [5.74, 6) is -3.09. The number of benzene rings is 3. The van der Waals surface area contributed by atoms with E-state index in [0.717, 1.165) is 42.7 Å². The van der Waals surface area contributed by atoms with Crippen molar-refractivity contribution in [3.63, 3.8) is 0 Å². The first kappa shape index (κ1) is 24.5. The van der Waals surface area contributed by atoms with E-state index in [0.29, 0.717) is 18.5 Å². The number of nitrogens with two attached hydrogens (primary N) is 1. The molecule has 0 unspecified atom stereocenters. The molecule has 182 valence electrons. The highest BCUT2D eigenvalue weighted by Crippen LogP contribution is 2.26. The number of halogens is 3. The lowest BCUT2D eigenvalue weighted by molar-refractivity contribution is 0.0605. The third-order valence-electron chi connectivity index (χ3n) is 6.18. The van der Waals surface area contributed by atoms with Gasteiger partial charge in [-0.15, -0.1) is 0 Å². The van der Waals surface area contributed by atoms with E-state index in [1.165, 1.54) is 18.2 Å². The summed E-state index contributed by atoms with van der Waals surface area (Å²) in [5.41, 5.74) is 7.35. The molecule has 0 saturated heterocycles. The minimum atomic E-state index is -0.818. The van der Waals surface area contributed by atoms with E-state index in [9.17, 15) is 22.8 Å². The number of amides is 2. The minimum Gasteiger partial charge on any atom is -0.331 e. The zero-order valence-electron chi connectivity index (χ0n) is 19.0. The average molecular weight is 482 g/mol. The highest BCUT2D eigenvalue weighted by molar-refractivity contribution is 6.04. The second-order valence-electron chi connectivity index (χ2n) is 8.82. The first-order valence-electron chi connectivity index (χ1n) is 11.5. The van der Waals surface area contributed by atoms with E-state index in [2.05, 4.69) is 5.32 Å². The van der Waals surface area contributed by atoms with Crippen LogP contribution in [0.15, 0.2) is 66.7 Å². The van der Waals surface area contributed by atoms with Gasteiger partial charge in [0.15, 0.2) is 0 Å². The Morgan fingerprint density at radius 2 is 1.49 bits per heavy atom. The quantitative estimate of drug-likeness (QED) is 0.504. The van der Waals surface area contributed by atoms with Gasteiger partial charge in [0.25, 0.3) is 11.8 Å².